The van der Waals surface area contributed by atoms with E-state index >= 15 is 0 Å². The fraction of sp³-hybridized carbons (Fsp3) is 0.265. The van der Waals surface area contributed by atoms with E-state index < -0.39 is 44.6 Å². The smallest absolute Gasteiger partial charge is 0.339 e. The van der Waals surface area contributed by atoms with Crippen molar-refractivity contribution in [3.8, 4) is 24.0 Å². The molecule has 2 aromatic carbocycles. The molecule has 0 fully saturated rings. The molecule has 0 saturated heterocycles. The molecule has 0 radical (unpaired) electrons. The maximum Gasteiger partial charge on any atom is 0.339 e. The van der Waals surface area contributed by atoms with Gasteiger partial charge in [-0.3, -0.25) is 24.6 Å². The second-order valence-electron chi connectivity index (χ2n) is 11.2. The number of methoxy groups -OCH3 is 1. The van der Waals surface area contributed by atoms with Crippen molar-refractivity contribution >= 4 is 68.7 Å². The fourth-order valence-corrected chi connectivity index (χ4v) is 6.82. The summed E-state index contributed by atoms with van der Waals surface area (Å²) in [5, 5.41) is 2.10. The fourth-order valence-electron chi connectivity index (χ4n) is 5.55. The number of ether oxygens (including phenoxy) is 3. The molecule has 3 heterocycles. The Hall–Kier alpha value is -6.06. The summed E-state index contributed by atoms with van der Waals surface area (Å²) in [5.41, 5.74) is 0.784. The lowest BCUT2D eigenvalue weighted by Crippen LogP contribution is -2.39. The number of rotatable bonds is 8. The van der Waals surface area contributed by atoms with Crippen molar-refractivity contribution in [3.05, 3.63) is 70.1 Å². The molecule has 0 unspecified atom stereocenters. The van der Waals surface area contributed by atoms with E-state index in [1.807, 2.05) is 0 Å². The zero-order valence-electron chi connectivity index (χ0n) is 28.1. The Labute approximate surface area is 307 Å². The number of terminal acetylenes is 1. The zero-order chi connectivity index (χ0) is 38.4. The first kappa shape index (κ1) is 38.2. The molecule has 19 heteroatoms. The number of hydrogen-bond acceptors (Lipinski definition) is 12. The summed E-state index contributed by atoms with van der Waals surface area (Å²) in [5.74, 6) is -0.628. The molecule has 5 amide bonds. The Morgan fingerprint density at radius 2 is 1.74 bits per heavy atom. The van der Waals surface area contributed by atoms with Gasteiger partial charge in [-0.2, -0.15) is 4.98 Å². The van der Waals surface area contributed by atoms with Gasteiger partial charge in [-0.1, -0.05) is 29.7 Å². The van der Waals surface area contributed by atoms with Gasteiger partial charge >= 0.3 is 12.0 Å². The molecule has 276 valence electrons. The van der Waals surface area contributed by atoms with Crippen molar-refractivity contribution in [2.45, 2.75) is 37.5 Å². The Balaban J connectivity index is 0.000000204. The van der Waals surface area contributed by atoms with Crippen molar-refractivity contribution in [2.75, 3.05) is 42.0 Å². The highest BCUT2D eigenvalue weighted by atomic mass is 35.5. The molecule has 0 spiro atoms. The average Bonchev–Trinajstić information content (AvgIpc) is 3.38. The number of anilines is 3. The van der Waals surface area contributed by atoms with E-state index in [-0.39, 0.29) is 65.3 Å². The van der Waals surface area contributed by atoms with E-state index in [0.29, 0.717) is 24.0 Å². The van der Waals surface area contributed by atoms with Crippen LogP contribution in [0, 0.1) is 18.2 Å². The van der Waals surface area contributed by atoms with Crippen LogP contribution in [0.4, 0.5) is 26.5 Å². The predicted molar refractivity (Wildman–Crippen MR) is 186 cm³/mol. The van der Waals surface area contributed by atoms with Gasteiger partial charge in [-0.25, -0.2) is 37.0 Å². The number of carbonyl (C=O) groups excluding carboxylic acids is 5. The Bertz CT molecular complexity index is 2180. The summed E-state index contributed by atoms with van der Waals surface area (Å²) in [4.78, 5) is 70.6. The van der Waals surface area contributed by atoms with Gasteiger partial charge in [0, 0.05) is 23.3 Å². The molecule has 3 aromatic rings. The molecule has 1 aliphatic carbocycles. The topological polar surface area (TPSA) is 204 Å². The highest BCUT2D eigenvalue weighted by Crippen LogP contribution is 2.41. The van der Waals surface area contributed by atoms with Crippen LogP contribution in [0.5, 0.6) is 11.6 Å². The molecule has 16 nitrogen and oxygen atoms in total. The standard InChI is InChI=1S/C19H15FN2O4.C15H15ClN4O6S/c1-2-7-21-15-9-14(13(20)8-16(15)26-10-17(21)23)22-18(24)11-5-3-4-6-12(11)19(22)25;1-3-26-13(21)9-6-4-5-7-10(9)27(23,24)20-15(22)19-14-17-11(16)8-12(18-14)25-2/h1,8-9H,3-7,10H2;4-8H,3H2,1-2H3,(H2,17,18,19,20,22). The van der Waals surface area contributed by atoms with Crippen molar-refractivity contribution in [3.63, 3.8) is 0 Å². The quantitative estimate of drug-likeness (QED) is 0.146. The van der Waals surface area contributed by atoms with Gasteiger partial charge in [0.25, 0.3) is 27.7 Å². The first-order valence-corrected chi connectivity index (χ1v) is 17.6. The summed E-state index contributed by atoms with van der Waals surface area (Å²) >= 11 is 5.75. The van der Waals surface area contributed by atoms with Crippen LogP contribution < -0.4 is 29.3 Å². The van der Waals surface area contributed by atoms with Gasteiger partial charge < -0.3 is 14.2 Å². The third kappa shape index (κ3) is 8.21. The Morgan fingerprint density at radius 1 is 1.06 bits per heavy atom. The second kappa shape index (κ2) is 16.1. The predicted octanol–water partition coefficient (Wildman–Crippen LogP) is 3.75. The Morgan fingerprint density at radius 3 is 2.38 bits per heavy atom. The van der Waals surface area contributed by atoms with E-state index in [9.17, 15) is 36.8 Å². The van der Waals surface area contributed by atoms with Crippen LogP contribution in [0.2, 0.25) is 5.15 Å². The number of fused-ring (bicyclic) bond motifs is 1. The molecular formula is C34H30ClFN6O10S. The highest BCUT2D eigenvalue weighted by Gasteiger charge is 2.41. The number of aromatic nitrogens is 2. The molecule has 6 rings (SSSR count). The van der Waals surface area contributed by atoms with Crippen molar-refractivity contribution < 1.29 is 51.0 Å². The van der Waals surface area contributed by atoms with Crippen LogP contribution in [0.15, 0.2) is 58.5 Å². The molecule has 1 aromatic heterocycles. The number of halogens is 2. The largest absolute Gasteiger partial charge is 0.481 e. The van der Waals surface area contributed by atoms with Gasteiger partial charge in [0.05, 0.1) is 37.2 Å². The summed E-state index contributed by atoms with van der Waals surface area (Å²) in [6, 6.07) is 7.83. The number of esters is 1. The molecule has 53 heavy (non-hydrogen) atoms. The normalized spacial score (nSPS) is 15.0. The number of nitrogens with zero attached hydrogens (tertiary/aromatic N) is 4. The van der Waals surface area contributed by atoms with Crippen LogP contribution >= 0.6 is 11.6 Å². The molecule has 0 saturated carbocycles. The maximum atomic E-state index is 14.7. The maximum absolute atomic E-state index is 14.7. The average molecular weight is 769 g/mol. The number of carbonyl (C=O) groups is 5. The number of hydrogen-bond donors (Lipinski definition) is 2. The third-order valence-corrected chi connectivity index (χ3v) is 9.44. The first-order chi connectivity index (χ1) is 25.3. The number of nitrogens with one attached hydrogen (secondary N) is 2. The molecule has 0 atom stereocenters. The van der Waals surface area contributed by atoms with Gasteiger partial charge in [0.15, 0.2) is 12.4 Å². The summed E-state index contributed by atoms with van der Waals surface area (Å²) in [6.45, 7) is 1.39. The lowest BCUT2D eigenvalue weighted by Gasteiger charge is -2.29. The number of sulfonamides is 1. The lowest BCUT2D eigenvalue weighted by molar-refractivity contribution is -0.121. The molecular weight excluding hydrogens is 739 g/mol. The number of urea groups is 1. The van der Waals surface area contributed by atoms with E-state index in [1.165, 1.54) is 48.4 Å². The first-order valence-electron chi connectivity index (χ1n) is 15.8. The molecule has 0 bridgehead atoms. The Kier molecular flexibility index (Phi) is 11.6. The van der Waals surface area contributed by atoms with Crippen LogP contribution in [0.25, 0.3) is 0 Å². The monoisotopic (exact) mass is 768 g/mol. The van der Waals surface area contributed by atoms with Gasteiger partial charge in [-0.15, -0.1) is 6.42 Å². The number of amides is 5. The van der Waals surface area contributed by atoms with E-state index in [4.69, 9.17) is 32.2 Å². The summed E-state index contributed by atoms with van der Waals surface area (Å²) in [6.07, 6.45) is 8.01. The number of benzene rings is 2. The molecule has 2 aliphatic heterocycles. The molecule has 3 aliphatic rings. The zero-order valence-corrected chi connectivity index (χ0v) is 29.7. The van der Waals surface area contributed by atoms with Gasteiger partial charge in [-0.05, 0) is 50.8 Å². The molecule has 2 N–H and O–H groups in total. The van der Waals surface area contributed by atoms with E-state index in [2.05, 4.69) is 21.2 Å². The third-order valence-electron chi connectivity index (χ3n) is 7.86. The van der Waals surface area contributed by atoms with E-state index in [0.717, 1.165) is 23.8 Å². The number of imide groups is 1. The SMILES string of the molecule is C#CCN1C(=O)COc2cc(F)c(N3C(=O)C4=C(CCCC4)C3=O)cc21.CCOC(=O)c1ccccc1S(=O)(=O)NC(=O)Nc1nc(Cl)cc(OC)n1. The van der Waals surface area contributed by atoms with Crippen LogP contribution in [-0.2, 0) is 29.1 Å². The minimum atomic E-state index is -4.38. The van der Waals surface area contributed by atoms with Crippen molar-refractivity contribution in [2.24, 2.45) is 0 Å². The van der Waals surface area contributed by atoms with Crippen LogP contribution in [0.1, 0.15) is 43.0 Å². The van der Waals surface area contributed by atoms with Crippen molar-refractivity contribution in [1.82, 2.24) is 14.7 Å². The lowest BCUT2D eigenvalue weighted by atomic mass is 9.93. The highest BCUT2D eigenvalue weighted by molar-refractivity contribution is 7.90. The van der Waals surface area contributed by atoms with Gasteiger partial charge in [0.2, 0.25) is 11.8 Å². The minimum absolute atomic E-state index is 0.0170. The second-order valence-corrected chi connectivity index (χ2v) is 13.2. The summed E-state index contributed by atoms with van der Waals surface area (Å²) in [7, 11) is -3.05. The van der Waals surface area contributed by atoms with E-state index in [1.54, 1.807) is 11.6 Å². The van der Waals surface area contributed by atoms with Crippen LogP contribution in [-0.4, -0.2) is 75.0 Å². The minimum Gasteiger partial charge on any atom is -0.481 e. The van der Waals surface area contributed by atoms with Crippen LogP contribution in [0.3, 0.4) is 0 Å². The summed E-state index contributed by atoms with van der Waals surface area (Å²) < 4.78 is 56.4. The van der Waals surface area contributed by atoms with Gasteiger partial charge in [0.1, 0.15) is 15.8 Å². The van der Waals surface area contributed by atoms with Crippen molar-refractivity contribution in [1.29, 1.82) is 0 Å².